The first-order valence-electron chi connectivity index (χ1n) is 10.8. The third kappa shape index (κ3) is 4.82. The molecule has 5 nitrogen and oxygen atoms in total. The number of aliphatic carboxylic acids is 1. The van der Waals surface area contributed by atoms with E-state index in [2.05, 4.69) is 18.2 Å². The monoisotopic (exact) mass is 500 g/mol. The number of carboxylic acid groups (broad SMARTS) is 1. The van der Waals surface area contributed by atoms with Crippen LogP contribution in [0.15, 0.2) is 78.2 Å². The summed E-state index contributed by atoms with van der Waals surface area (Å²) in [6, 6.07) is 21.3. The summed E-state index contributed by atoms with van der Waals surface area (Å²) >= 11 is 3.26. The lowest BCUT2D eigenvalue weighted by molar-refractivity contribution is -0.139. The summed E-state index contributed by atoms with van der Waals surface area (Å²) < 4.78 is 13.4. The molecule has 5 aromatic rings. The van der Waals surface area contributed by atoms with Gasteiger partial charge in [0.2, 0.25) is 0 Å². The Morgan fingerprint density at radius 1 is 0.943 bits per heavy atom. The topological polar surface area (TPSA) is 72.8 Å². The van der Waals surface area contributed by atoms with Gasteiger partial charge in [-0.25, -0.2) is 4.79 Å². The number of ketones is 1. The highest BCUT2D eigenvalue weighted by Gasteiger charge is 2.16. The molecule has 2 aromatic heterocycles. The molecule has 2 heterocycles. The minimum absolute atomic E-state index is 0.151. The zero-order chi connectivity index (χ0) is 24.4. The zero-order valence-electron chi connectivity index (χ0n) is 18.7. The van der Waals surface area contributed by atoms with Crippen molar-refractivity contribution in [3.05, 3.63) is 89.3 Å². The van der Waals surface area contributed by atoms with E-state index in [4.69, 9.17) is 14.6 Å². The van der Waals surface area contributed by atoms with Gasteiger partial charge in [-0.3, -0.25) is 4.79 Å². The van der Waals surface area contributed by atoms with Crippen LogP contribution >= 0.6 is 22.7 Å². The molecule has 0 amide bonds. The van der Waals surface area contributed by atoms with Crippen molar-refractivity contribution in [2.45, 2.75) is 0 Å². The van der Waals surface area contributed by atoms with Crippen LogP contribution in [-0.2, 0) is 4.79 Å². The van der Waals surface area contributed by atoms with Crippen molar-refractivity contribution in [1.82, 2.24) is 0 Å². The summed E-state index contributed by atoms with van der Waals surface area (Å²) in [5.41, 5.74) is 2.01. The lowest BCUT2D eigenvalue weighted by atomic mass is 10.0. The van der Waals surface area contributed by atoms with Crippen molar-refractivity contribution in [2.75, 3.05) is 13.7 Å². The first-order valence-corrected chi connectivity index (χ1v) is 12.5. The van der Waals surface area contributed by atoms with E-state index in [1.807, 2.05) is 47.8 Å². The molecule has 0 unspecified atom stereocenters. The molecule has 35 heavy (non-hydrogen) atoms. The van der Waals surface area contributed by atoms with Crippen LogP contribution in [0.2, 0.25) is 0 Å². The van der Waals surface area contributed by atoms with Crippen LogP contribution in [0.25, 0.3) is 36.7 Å². The van der Waals surface area contributed by atoms with Gasteiger partial charge in [-0.15, -0.1) is 22.7 Å². The van der Waals surface area contributed by atoms with Crippen LogP contribution in [0.1, 0.15) is 15.9 Å². The fraction of sp³-hybridized carbons (Fsp3) is 0.0714. The second-order valence-corrected chi connectivity index (χ2v) is 9.82. The van der Waals surface area contributed by atoms with E-state index in [0.717, 1.165) is 30.6 Å². The van der Waals surface area contributed by atoms with Crippen molar-refractivity contribution in [3.8, 4) is 21.9 Å². The van der Waals surface area contributed by atoms with E-state index in [-0.39, 0.29) is 5.78 Å². The van der Waals surface area contributed by atoms with E-state index in [9.17, 15) is 9.59 Å². The second kappa shape index (κ2) is 9.74. The molecule has 0 atom stereocenters. The number of hydrogen-bond acceptors (Lipinski definition) is 6. The van der Waals surface area contributed by atoms with Crippen LogP contribution in [0, 0.1) is 0 Å². The van der Waals surface area contributed by atoms with E-state index in [1.54, 1.807) is 41.9 Å². The van der Waals surface area contributed by atoms with Gasteiger partial charge < -0.3 is 14.6 Å². The highest BCUT2D eigenvalue weighted by Crippen LogP contribution is 2.42. The predicted octanol–water partition coefficient (Wildman–Crippen LogP) is 7.15. The smallest absolute Gasteiger partial charge is 0.341 e. The zero-order valence-corrected chi connectivity index (χ0v) is 20.3. The lowest BCUT2D eigenvalue weighted by Crippen LogP contribution is -2.10. The SMILES string of the molecule is COc1cc(OCC(=O)O)c(/C=C/C(=O)c2ccc3sccc3c2)cc1-c1cc2ccccc2s1. The van der Waals surface area contributed by atoms with Crippen LogP contribution in [-0.4, -0.2) is 30.6 Å². The van der Waals surface area contributed by atoms with Gasteiger partial charge in [-0.1, -0.05) is 18.2 Å². The first-order chi connectivity index (χ1) is 17.0. The summed E-state index contributed by atoms with van der Waals surface area (Å²) in [6.45, 7) is -0.505. The third-order valence-electron chi connectivity index (χ3n) is 5.53. The Morgan fingerprint density at radius 3 is 2.57 bits per heavy atom. The van der Waals surface area contributed by atoms with Gasteiger partial charge in [-0.2, -0.15) is 0 Å². The summed E-state index contributed by atoms with van der Waals surface area (Å²) in [5.74, 6) is -0.357. The molecule has 0 saturated heterocycles. The quantitative estimate of drug-likeness (QED) is 0.181. The van der Waals surface area contributed by atoms with E-state index >= 15 is 0 Å². The van der Waals surface area contributed by atoms with Crippen LogP contribution < -0.4 is 9.47 Å². The second-order valence-electron chi connectivity index (χ2n) is 7.79. The normalized spacial score (nSPS) is 11.3. The van der Waals surface area contributed by atoms with Gasteiger partial charge in [0.05, 0.1) is 7.11 Å². The number of carbonyl (C=O) groups is 2. The molecule has 0 aliphatic rings. The fourth-order valence-electron chi connectivity index (χ4n) is 3.83. The largest absolute Gasteiger partial charge is 0.496 e. The van der Waals surface area contributed by atoms with Gasteiger partial charge >= 0.3 is 5.97 Å². The summed E-state index contributed by atoms with van der Waals surface area (Å²) in [5, 5.41) is 13.3. The maximum Gasteiger partial charge on any atom is 0.341 e. The number of allylic oxidation sites excluding steroid dienone is 1. The Bertz CT molecular complexity index is 1560. The maximum absolute atomic E-state index is 12.9. The standard InChI is InChI=1S/C28H20O5S2/c1-32-24-15-23(33-16-28(30)31)18(13-21(24)27-14-19-4-2-3-5-26(19)35-27)6-8-22(29)17-7-9-25-20(12-17)10-11-34-25/h2-15H,16H2,1H3,(H,30,31)/b8-6+. The molecular weight excluding hydrogens is 480 g/mol. The Labute approximate surface area is 209 Å². The van der Waals surface area contributed by atoms with E-state index in [1.165, 1.54) is 6.08 Å². The molecule has 5 rings (SSSR count). The number of rotatable bonds is 8. The summed E-state index contributed by atoms with van der Waals surface area (Å²) in [6.07, 6.45) is 3.14. The number of hydrogen-bond donors (Lipinski definition) is 1. The third-order valence-corrected chi connectivity index (χ3v) is 7.57. The van der Waals surface area contributed by atoms with Crippen molar-refractivity contribution in [1.29, 1.82) is 0 Å². The first kappa shape index (κ1) is 22.8. The number of benzene rings is 3. The van der Waals surface area contributed by atoms with Crippen molar-refractivity contribution < 1.29 is 24.2 Å². The lowest BCUT2D eigenvalue weighted by Gasteiger charge is -2.13. The Hall–Kier alpha value is -3.94. The highest BCUT2D eigenvalue weighted by molar-refractivity contribution is 7.22. The number of carboxylic acids is 1. The average molecular weight is 501 g/mol. The molecule has 0 aliphatic heterocycles. The number of fused-ring (bicyclic) bond motifs is 2. The summed E-state index contributed by atoms with van der Waals surface area (Å²) in [4.78, 5) is 25.0. The van der Waals surface area contributed by atoms with Crippen molar-refractivity contribution >= 4 is 60.7 Å². The van der Waals surface area contributed by atoms with Crippen molar-refractivity contribution in [3.63, 3.8) is 0 Å². The molecule has 0 bridgehead atoms. The Morgan fingerprint density at radius 2 is 1.77 bits per heavy atom. The maximum atomic E-state index is 12.9. The number of ether oxygens (including phenoxy) is 2. The Kier molecular flexibility index (Phi) is 6.35. The minimum atomic E-state index is -1.09. The number of methoxy groups -OCH3 is 1. The van der Waals surface area contributed by atoms with Gasteiger partial charge in [0.25, 0.3) is 0 Å². The Balaban J connectivity index is 1.55. The van der Waals surface area contributed by atoms with Crippen LogP contribution in [0.5, 0.6) is 11.5 Å². The highest BCUT2D eigenvalue weighted by atomic mass is 32.1. The molecule has 0 saturated carbocycles. The predicted molar refractivity (Wildman–Crippen MR) is 142 cm³/mol. The average Bonchev–Trinajstić information content (AvgIpc) is 3.52. The molecule has 7 heteroatoms. The van der Waals surface area contributed by atoms with Gasteiger partial charge in [0.15, 0.2) is 12.4 Å². The van der Waals surface area contributed by atoms with Crippen LogP contribution in [0.4, 0.5) is 0 Å². The summed E-state index contributed by atoms with van der Waals surface area (Å²) in [7, 11) is 1.56. The van der Waals surface area contributed by atoms with E-state index in [0.29, 0.717) is 22.6 Å². The molecule has 0 spiro atoms. The van der Waals surface area contributed by atoms with Crippen molar-refractivity contribution in [2.24, 2.45) is 0 Å². The molecule has 3 aromatic carbocycles. The van der Waals surface area contributed by atoms with E-state index < -0.39 is 12.6 Å². The van der Waals surface area contributed by atoms with Crippen LogP contribution in [0.3, 0.4) is 0 Å². The van der Waals surface area contributed by atoms with Gasteiger partial charge in [0.1, 0.15) is 11.5 Å². The van der Waals surface area contributed by atoms with Gasteiger partial charge in [-0.05, 0) is 70.8 Å². The number of carbonyl (C=O) groups excluding carboxylic acids is 1. The molecule has 1 N–H and O–H groups in total. The molecule has 0 radical (unpaired) electrons. The fourth-order valence-corrected chi connectivity index (χ4v) is 5.68. The molecule has 0 aliphatic carbocycles. The van der Waals surface area contributed by atoms with Gasteiger partial charge in [0, 0.05) is 37.0 Å². The molecule has 0 fully saturated rings. The number of thiophene rings is 2. The minimum Gasteiger partial charge on any atom is -0.496 e. The molecular formula is C28H20O5S2. The molecule has 174 valence electrons.